The van der Waals surface area contributed by atoms with Crippen LogP contribution in [0.2, 0.25) is 10.0 Å². The second-order valence-corrected chi connectivity index (χ2v) is 11.3. The maximum Gasteiger partial charge on any atom is 0.330 e. The summed E-state index contributed by atoms with van der Waals surface area (Å²) in [4.78, 5) is 42.8. The molecule has 0 unspecified atom stereocenters. The van der Waals surface area contributed by atoms with Gasteiger partial charge in [-0.3, -0.25) is 14.6 Å². The molecule has 2 atom stereocenters. The molecule has 1 aromatic carbocycles. The van der Waals surface area contributed by atoms with E-state index < -0.39 is 6.03 Å². The second kappa shape index (κ2) is 12.5. The highest BCUT2D eigenvalue weighted by Crippen LogP contribution is 2.48. The van der Waals surface area contributed by atoms with Gasteiger partial charge in [-0.2, -0.15) is 4.98 Å². The van der Waals surface area contributed by atoms with E-state index in [1.807, 2.05) is 5.38 Å². The number of urea groups is 1. The molecule has 0 bridgehead atoms. The molecule has 1 aliphatic heterocycles. The van der Waals surface area contributed by atoms with Crippen LogP contribution in [0.15, 0.2) is 36.5 Å². The zero-order valence-electron chi connectivity index (χ0n) is 22.5. The van der Waals surface area contributed by atoms with Crippen molar-refractivity contribution in [2.24, 2.45) is 0 Å². The fourth-order valence-electron chi connectivity index (χ4n) is 5.06. The molecule has 5 rings (SSSR count). The Kier molecular flexibility index (Phi) is 8.81. The molecule has 11 nitrogen and oxygen atoms in total. The molecule has 0 spiro atoms. The number of nitrogens with zero attached hydrogens (tertiary/aromatic N) is 5. The Morgan fingerprint density at radius 1 is 1.17 bits per heavy atom. The van der Waals surface area contributed by atoms with Gasteiger partial charge >= 0.3 is 6.03 Å². The smallest absolute Gasteiger partial charge is 0.330 e. The van der Waals surface area contributed by atoms with E-state index in [4.69, 9.17) is 37.7 Å². The summed E-state index contributed by atoms with van der Waals surface area (Å²) in [7, 11) is 2.95. The van der Waals surface area contributed by atoms with E-state index in [9.17, 15) is 9.59 Å². The van der Waals surface area contributed by atoms with Gasteiger partial charge in [0.1, 0.15) is 32.4 Å². The Hall–Kier alpha value is -3.61. The third kappa shape index (κ3) is 5.90. The van der Waals surface area contributed by atoms with Crippen molar-refractivity contribution in [1.82, 2.24) is 20.3 Å². The van der Waals surface area contributed by atoms with Gasteiger partial charge < -0.3 is 20.1 Å². The Bertz CT molecular complexity index is 1430. The van der Waals surface area contributed by atoms with Gasteiger partial charge in [0.15, 0.2) is 0 Å². The van der Waals surface area contributed by atoms with Gasteiger partial charge in [0.2, 0.25) is 11.9 Å². The summed E-state index contributed by atoms with van der Waals surface area (Å²) in [6.07, 6.45) is 8.32. The van der Waals surface area contributed by atoms with Gasteiger partial charge in [0.25, 0.3) is 0 Å². The molecule has 2 aromatic heterocycles. The fraction of sp³-hybridized carbons (Fsp3) is 0.370. The van der Waals surface area contributed by atoms with Crippen molar-refractivity contribution in [3.8, 4) is 11.5 Å². The van der Waals surface area contributed by atoms with Crippen molar-refractivity contribution in [2.75, 3.05) is 29.3 Å². The lowest BCUT2D eigenvalue weighted by atomic mass is 9.90. The van der Waals surface area contributed by atoms with Crippen LogP contribution in [0.25, 0.3) is 0 Å². The monoisotopic (exact) mass is 617 g/mol. The molecule has 0 radical (unpaired) electrons. The summed E-state index contributed by atoms with van der Waals surface area (Å²) in [6, 6.07) is 1.01. The van der Waals surface area contributed by atoms with Crippen LogP contribution in [0.5, 0.6) is 11.5 Å². The van der Waals surface area contributed by atoms with Gasteiger partial charge in [0, 0.05) is 41.5 Å². The van der Waals surface area contributed by atoms with Gasteiger partial charge in [-0.05, 0) is 18.9 Å². The Balaban J connectivity index is 1.52. The maximum absolute atomic E-state index is 14.1. The number of amides is 3. The molecule has 3 aromatic rings. The molecule has 216 valence electrons. The van der Waals surface area contributed by atoms with Crippen molar-refractivity contribution in [3.63, 3.8) is 0 Å². The molecule has 0 saturated heterocycles. The highest BCUT2D eigenvalue weighted by Gasteiger charge is 2.37. The van der Waals surface area contributed by atoms with Crippen molar-refractivity contribution < 1.29 is 19.1 Å². The van der Waals surface area contributed by atoms with Crippen LogP contribution in [0.1, 0.15) is 36.3 Å². The number of aromatic nitrogens is 3. The van der Waals surface area contributed by atoms with Crippen LogP contribution in [-0.2, 0) is 17.9 Å². The minimum absolute atomic E-state index is 0.0734. The first kappa shape index (κ1) is 28.9. The minimum Gasteiger partial charge on any atom is -0.495 e. The number of methoxy groups -OCH3 is 2. The van der Waals surface area contributed by atoms with Crippen LogP contribution in [0.3, 0.4) is 0 Å². The molecule has 2 N–H and O–H groups in total. The topological polar surface area (TPSA) is 122 Å². The van der Waals surface area contributed by atoms with E-state index in [-0.39, 0.29) is 46.8 Å². The van der Waals surface area contributed by atoms with Crippen LogP contribution in [0.4, 0.5) is 22.2 Å². The number of fused-ring (bicyclic) bond motifs is 1. The minimum atomic E-state index is -0.398. The van der Waals surface area contributed by atoms with E-state index >= 15 is 0 Å². The zero-order chi connectivity index (χ0) is 29.1. The lowest BCUT2D eigenvalue weighted by Gasteiger charge is -2.37. The number of thiazole rings is 1. The lowest BCUT2D eigenvalue weighted by Crippen LogP contribution is -2.49. The first-order valence-electron chi connectivity index (χ1n) is 13.0. The van der Waals surface area contributed by atoms with Crippen LogP contribution in [0, 0.1) is 0 Å². The predicted octanol–water partition coefficient (Wildman–Crippen LogP) is 5.43. The summed E-state index contributed by atoms with van der Waals surface area (Å²) in [5.41, 5.74) is 0.940. The van der Waals surface area contributed by atoms with Crippen molar-refractivity contribution in [1.29, 1.82) is 0 Å². The summed E-state index contributed by atoms with van der Waals surface area (Å²) in [6.45, 7) is 3.84. The predicted molar refractivity (Wildman–Crippen MR) is 159 cm³/mol. The number of halogens is 2. The molecule has 14 heteroatoms. The van der Waals surface area contributed by atoms with E-state index in [1.165, 1.54) is 41.4 Å². The molecule has 1 aliphatic carbocycles. The van der Waals surface area contributed by atoms with E-state index in [0.29, 0.717) is 28.8 Å². The molecule has 3 heterocycles. The number of nitrogens with one attached hydrogen (secondary N) is 2. The third-order valence-electron chi connectivity index (χ3n) is 7.08. The number of rotatable bonds is 9. The van der Waals surface area contributed by atoms with Gasteiger partial charge in [-0.1, -0.05) is 42.6 Å². The van der Waals surface area contributed by atoms with E-state index in [1.54, 1.807) is 18.5 Å². The Morgan fingerprint density at radius 2 is 1.88 bits per heavy atom. The first-order chi connectivity index (χ1) is 19.8. The van der Waals surface area contributed by atoms with Gasteiger partial charge in [-0.25, -0.2) is 14.8 Å². The second-order valence-electron chi connectivity index (χ2n) is 9.54. The van der Waals surface area contributed by atoms with E-state index in [2.05, 4.69) is 27.2 Å². The maximum atomic E-state index is 14.1. The number of carbonyl (C=O) groups excluding carboxylic acids is 2. The van der Waals surface area contributed by atoms with Crippen molar-refractivity contribution in [2.45, 2.75) is 50.9 Å². The van der Waals surface area contributed by atoms with Crippen LogP contribution in [-0.4, -0.2) is 53.2 Å². The number of benzene rings is 1. The number of anilines is 3. The van der Waals surface area contributed by atoms with Gasteiger partial charge in [0.05, 0.1) is 33.0 Å². The summed E-state index contributed by atoms with van der Waals surface area (Å²) < 4.78 is 10.8. The van der Waals surface area contributed by atoms with Crippen LogP contribution >= 0.6 is 34.5 Å². The first-order valence-corrected chi connectivity index (χ1v) is 14.6. The molecular formula is C27H29Cl2N7O4S. The molecule has 3 amide bonds. The molecule has 1 saturated carbocycles. The SMILES string of the molecule is C=CC(=O)N[C@@H]1CCCC[C@@H]1Nc1ncc2c(n1)N(Cc1nccs1)C(=O)N(c1c(Cl)c(OC)cc(OC)c1Cl)C2. The normalized spacial score (nSPS) is 18.5. The average Bonchev–Trinajstić information content (AvgIpc) is 3.50. The molecular weight excluding hydrogens is 589 g/mol. The Morgan fingerprint density at radius 3 is 2.51 bits per heavy atom. The summed E-state index contributed by atoms with van der Waals surface area (Å²) in [5, 5.41) is 9.30. The fourth-order valence-corrected chi connectivity index (χ4v) is 6.37. The molecule has 41 heavy (non-hydrogen) atoms. The highest BCUT2D eigenvalue weighted by molar-refractivity contribution is 7.09. The zero-order valence-corrected chi connectivity index (χ0v) is 24.9. The number of hydrogen-bond acceptors (Lipinski definition) is 9. The Labute approximate surface area is 251 Å². The number of hydrogen-bond donors (Lipinski definition) is 2. The highest BCUT2D eigenvalue weighted by atomic mass is 35.5. The molecule has 1 fully saturated rings. The van der Waals surface area contributed by atoms with E-state index in [0.717, 1.165) is 30.7 Å². The summed E-state index contributed by atoms with van der Waals surface area (Å²) in [5.74, 6) is 1.21. The van der Waals surface area contributed by atoms with Crippen LogP contribution < -0.4 is 29.9 Å². The lowest BCUT2D eigenvalue weighted by molar-refractivity contribution is -0.117. The largest absolute Gasteiger partial charge is 0.495 e. The van der Waals surface area contributed by atoms with Crippen molar-refractivity contribution in [3.05, 3.63) is 57.1 Å². The molecule has 2 aliphatic rings. The average molecular weight is 619 g/mol. The number of carbonyl (C=O) groups is 2. The third-order valence-corrected chi connectivity index (χ3v) is 8.57. The van der Waals surface area contributed by atoms with Crippen molar-refractivity contribution >= 4 is 63.9 Å². The van der Waals surface area contributed by atoms with Gasteiger partial charge in [-0.15, -0.1) is 11.3 Å². The summed E-state index contributed by atoms with van der Waals surface area (Å²) >= 11 is 14.8. The number of ether oxygens (including phenoxy) is 2. The standard InChI is InChI=1S/C27H29Cl2N7O4S/c1-4-20(37)32-16-7-5-6-8-17(16)33-26-31-12-15-13-35(24-22(28)18(39-2)11-19(40-3)23(24)29)27(38)36(25(15)34-26)14-21-30-9-10-41-21/h4,9-12,16-17H,1,5-8,13-14H2,2-3H3,(H,32,37)(H,31,33,34)/t16-,17+/m1/s1. The quantitative estimate of drug-likeness (QED) is 0.305.